The van der Waals surface area contributed by atoms with Crippen LogP contribution in [0.15, 0.2) is 29.2 Å². The Morgan fingerprint density at radius 3 is 2.31 bits per heavy atom. The minimum Gasteiger partial charge on any atom is -0.352 e. The SMILES string of the molecule is O=C(CN1CCC(F)(F)CC1)NC1CCC(CS(=O)(=O)c2cccc(C(F)(F)F)c2)CC1. The average Bonchev–Trinajstić information content (AvgIpc) is 2.70. The standard InChI is InChI=1S/C21H27F5N2O3S/c22-20(23)8-10-28(11-9-20)13-19(29)27-17-6-4-15(5-7-17)14-32(30,31)18-3-1-2-16(12-18)21(24,25)26/h1-3,12,15,17H,4-11,13-14H2,(H,27,29). The van der Waals surface area contributed by atoms with Crippen molar-refractivity contribution in [3.05, 3.63) is 29.8 Å². The maximum Gasteiger partial charge on any atom is 0.416 e. The van der Waals surface area contributed by atoms with Crippen molar-refractivity contribution in [2.75, 3.05) is 25.4 Å². The van der Waals surface area contributed by atoms with Crippen LogP contribution in [-0.2, 0) is 20.8 Å². The van der Waals surface area contributed by atoms with Crippen LogP contribution in [0.4, 0.5) is 22.0 Å². The van der Waals surface area contributed by atoms with Gasteiger partial charge in [-0.05, 0) is 49.8 Å². The molecular weight excluding hydrogens is 455 g/mol. The number of benzene rings is 1. The Bertz CT molecular complexity index is 902. The van der Waals surface area contributed by atoms with Gasteiger partial charge in [0.2, 0.25) is 5.91 Å². The largest absolute Gasteiger partial charge is 0.416 e. The summed E-state index contributed by atoms with van der Waals surface area (Å²) < 4.78 is 90.3. The lowest BCUT2D eigenvalue weighted by Crippen LogP contribution is -2.47. The van der Waals surface area contributed by atoms with Crippen LogP contribution < -0.4 is 5.32 Å². The van der Waals surface area contributed by atoms with Crippen LogP contribution in [0.2, 0.25) is 0 Å². The molecule has 2 aliphatic rings. The van der Waals surface area contributed by atoms with Gasteiger partial charge in [-0.3, -0.25) is 9.69 Å². The average molecular weight is 483 g/mol. The Morgan fingerprint density at radius 1 is 1.09 bits per heavy atom. The quantitative estimate of drug-likeness (QED) is 0.625. The summed E-state index contributed by atoms with van der Waals surface area (Å²) in [5.74, 6) is -3.35. The van der Waals surface area contributed by atoms with Gasteiger partial charge >= 0.3 is 6.18 Å². The molecule has 1 N–H and O–H groups in total. The molecule has 11 heteroatoms. The highest BCUT2D eigenvalue weighted by Gasteiger charge is 2.35. The summed E-state index contributed by atoms with van der Waals surface area (Å²) in [7, 11) is -3.87. The Labute approximate surface area is 184 Å². The second kappa shape index (κ2) is 9.62. The Balaban J connectivity index is 1.46. The van der Waals surface area contributed by atoms with Gasteiger partial charge in [0.05, 0.1) is 22.8 Å². The Morgan fingerprint density at radius 2 is 1.72 bits per heavy atom. The number of sulfone groups is 1. The summed E-state index contributed by atoms with van der Waals surface area (Å²) in [5.41, 5.74) is -0.998. The zero-order valence-electron chi connectivity index (χ0n) is 17.5. The van der Waals surface area contributed by atoms with Gasteiger partial charge in [-0.25, -0.2) is 17.2 Å². The normalized spacial score (nSPS) is 24.8. The van der Waals surface area contributed by atoms with Crippen molar-refractivity contribution in [3.8, 4) is 0 Å². The maximum absolute atomic E-state index is 13.2. The topological polar surface area (TPSA) is 66.5 Å². The molecule has 1 aromatic carbocycles. The van der Waals surface area contributed by atoms with Gasteiger partial charge in [-0.2, -0.15) is 13.2 Å². The predicted octanol–water partition coefficient (Wildman–Crippen LogP) is 3.89. The van der Waals surface area contributed by atoms with Gasteiger partial charge in [-0.1, -0.05) is 6.07 Å². The third-order valence-corrected chi connectivity index (χ3v) is 8.02. The van der Waals surface area contributed by atoms with Crippen LogP contribution in [0.5, 0.6) is 0 Å². The number of likely N-dealkylation sites (tertiary alicyclic amines) is 1. The number of carbonyl (C=O) groups excluding carboxylic acids is 1. The fourth-order valence-electron chi connectivity index (χ4n) is 4.26. The molecule has 3 rings (SSSR count). The summed E-state index contributed by atoms with van der Waals surface area (Å²) in [5, 5.41) is 2.88. The summed E-state index contributed by atoms with van der Waals surface area (Å²) in [4.78, 5) is 13.6. The Hall–Kier alpha value is -1.75. The molecule has 32 heavy (non-hydrogen) atoms. The zero-order valence-corrected chi connectivity index (χ0v) is 18.3. The number of piperidine rings is 1. The van der Waals surface area contributed by atoms with Crippen LogP contribution in [0.3, 0.4) is 0 Å². The molecule has 0 unspecified atom stereocenters. The minimum absolute atomic E-state index is 0.0555. The van der Waals surface area contributed by atoms with Crippen molar-refractivity contribution in [1.29, 1.82) is 0 Å². The van der Waals surface area contributed by atoms with E-state index in [1.165, 1.54) is 6.07 Å². The van der Waals surface area contributed by atoms with Crippen molar-refractivity contribution in [3.63, 3.8) is 0 Å². The van der Waals surface area contributed by atoms with Crippen LogP contribution in [0, 0.1) is 5.92 Å². The van der Waals surface area contributed by atoms with Crippen molar-refractivity contribution in [2.24, 2.45) is 5.92 Å². The molecule has 0 atom stereocenters. The van der Waals surface area contributed by atoms with E-state index in [0.717, 1.165) is 12.1 Å². The first kappa shape index (κ1) is 24.9. The molecule has 2 fully saturated rings. The van der Waals surface area contributed by atoms with E-state index in [1.807, 2.05) is 0 Å². The molecule has 1 amide bonds. The molecular formula is C21H27F5N2O3S. The number of alkyl halides is 5. The van der Waals surface area contributed by atoms with E-state index >= 15 is 0 Å². The van der Waals surface area contributed by atoms with E-state index < -0.39 is 27.5 Å². The van der Waals surface area contributed by atoms with Crippen molar-refractivity contribution >= 4 is 15.7 Å². The van der Waals surface area contributed by atoms with Crippen molar-refractivity contribution < 1.29 is 35.2 Å². The summed E-state index contributed by atoms with van der Waals surface area (Å²) in [6, 6.07) is 3.64. The number of nitrogens with one attached hydrogen (secondary N) is 1. The van der Waals surface area contributed by atoms with Crippen LogP contribution in [-0.4, -0.2) is 56.6 Å². The van der Waals surface area contributed by atoms with E-state index in [-0.39, 0.29) is 61.0 Å². The summed E-state index contributed by atoms with van der Waals surface area (Å²) in [6.45, 7) is 0.390. The molecule has 0 radical (unpaired) electrons. The summed E-state index contributed by atoms with van der Waals surface area (Å²) in [6.07, 6.45) is -2.95. The highest BCUT2D eigenvalue weighted by Crippen LogP contribution is 2.32. The first-order valence-corrected chi connectivity index (χ1v) is 12.3. The van der Waals surface area contributed by atoms with E-state index in [4.69, 9.17) is 0 Å². The van der Waals surface area contributed by atoms with Gasteiger partial charge in [0.25, 0.3) is 5.92 Å². The minimum atomic E-state index is -4.61. The number of hydrogen-bond acceptors (Lipinski definition) is 4. The van der Waals surface area contributed by atoms with Crippen molar-refractivity contribution in [2.45, 2.75) is 61.6 Å². The molecule has 1 aliphatic heterocycles. The maximum atomic E-state index is 13.2. The second-order valence-corrected chi connectivity index (χ2v) is 10.8. The highest BCUT2D eigenvalue weighted by molar-refractivity contribution is 7.91. The lowest BCUT2D eigenvalue weighted by atomic mass is 9.87. The van der Waals surface area contributed by atoms with E-state index in [0.29, 0.717) is 31.7 Å². The Kier molecular flexibility index (Phi) is 7.48. The highest BCUT2D eigenvalue weighted by atomic mass is 32.2. The summed E-state index contributed by atoms with van der Waals surface area (Å²) >= 11 is 0. The number of amides is 1. The van der Waals surface area contributed by atoms with E-state index in [9.17, 15) is 35.2 Å². The predicted molar refractivity (Wildman–Crippen MR) is 108 cm³/mol. The van der Waals surface area contributed by atoms with Gasteiger partial charge < -0.3 is 5.32 Å². The molecule has 0 aromatic heterocycles. The molecule has 1 aromatic rings. The molecule has 1 saturated carbocycles. The number of nitrogens with zero attached hydrogens (tertiary/aromatic N) is 1. The molecule has 1 saturated heterocycles. The fourth-order valence-corrected chi connectivity index (χ4v) is 6.00. The lowest BCUT2D eigenvalue weighted by Gasteiger charge is -2.32. The van der Waals surface area contributed by atoms with Crippen molar-refractivity contribution in [1.82, 2.24) is 10.2 Å². The monoisotopic (exact) mass is 482 g/mol. The number of carbonyl (C=O) groups is 1. The van der Waals surface area contributed by atoms with Crippen LogP contribution in [0.1, 0.15) is 44.1 Å². The third-order valence-electron chi connectivity index (χ3n) is 6.14. The van der Waals surface area contributed by atoms with Crippen LogP contribution in [0.25, 0.3) is 0 Å². The molecule has 0 bridgehead atoms. The zero-order chi connectivity index (χ0) is 23.6. The number of rotatable bonds is 6. The van der Waals surface area contributed by atoms with Gasteiger partial charge in [-0.15, -0.1) is 0 Å². The second-order valence-electron chi connectivity index (χ2n) is 8.72. The van der Waals surface area contributed by atoms with Crippen LogP contribution >= 0.6 is 0 Å². The van der Waals surface area contributed by atoms with Gasteiger partial charge in [0, 0.05) is 32.0 Å². The fraction of sp³-hybridized carbons (Fsp3) is 0.667. The first-order valence-electron chi connectivity index (χ1n) is 10.6. The van der Waals surface area contributed by atoms with E-state index in [1.54, 1.807) is 4.90 Å². The molecule has 1 heterocycles. The smallest absolute Gasteiger partial charge is 0.352 e. The molecule has 1 aliphatic carbocycles. The molecule has 0 spiro atoms. The van der Waals surface area contributed by atoms with E-state index in [2.05, 4.69) is 5.32 Å². The molecule has 5 nitrogen and oxygen atoms in total. The lowest BCUT2D eigenvalue weighted by molar-refractivity contribution is -0.137. The van der Waals surface area contributed by atoms with Gasteiger partial charge in [0.15, 0.2) is 9.84 Å². The molecule has 180 valence electrons. The number of halogens is 5. The van der Waals surface area contributed by atoms with Gasteiger partial charge in [0.1, 0.15) is 0 Å². The number of hydrogen-bond donors (Lipinski definition) is 1. The first-order chi connectivity index (χ1) is 14.8. The third kappa shape index (κ3) is 6.87.